The van der Waals surface area contributed by atoms with Gasteiger partial charge in [-0.05, 0) is 72.8 Å². The van der Waals surface area contributed by atoms with Crippen molar-refractivity contribution < 1.29 is 45.0 Å². The lowest BCUT2D eigenvalue weighted by atomic mass is 9.76. The van der Waals surface area contributed by atoms with Gasteiger partial charge in [0.15, 0.2) is 11.6 Å². The molecule has 1 unspecified atom stereocenters. The smallest absolute Gasteiger partial charge is 0.385 e. The summed E-state index contributed by atoms with van der Waals surface area (Å²) >= 11 is 0. The van der Waals surface area contributed by atoms with E-state index in [9.17, 15) is 45.0 Å². The van der Waals surface area contributed by atoms with E-state index in [0.29, 0.717) is 50.2 Å². The third-order valence-electron chi connectivity index (χ3n) is 8.79. The molecule has 12 heteroatoms. The molecule has 236 valence electrons. The molecular weight excluding hydrogens is 596 g/mol. The van der Waals surface area contributed by atoms with Crippen LogP contribution in [0.4, 0.5) is 35.1 Å². The number of piperidine rings is 1. The van der Waals surface area contributed by atoms with Crippen LogP contribution in [0.1, 0.15) is 53.5 Å². The van der Waals surface area contributed by atoms with Gasteiger partial charge in [0, 0.05) is 38.0 Å². The van der Waals surface area contributed by atoms with E-state index in [2.05, 4.69) is 4.90 Å². The first-order valence-corrected chi connectivity index (χ1v) is 14.1. The number of hydrogen-bond acceptors (Lipinski definition) is 3. The largest absolute Gasteiger partial charge is 0.416 e. The molecule has 3 aromatic carbocycles. The van der Waals surface area contributed by atoms with Gasteiger partial charge in [0.2, 0.25) is 5.91 Å². The van der Waals surface area contributed by atoms with Crippen molar-refractivity contribution in [1.29, 1.82) is 0 Å². The van der Waals surface area contributed by atoms with Crippen LogP contribution in [0.2, 0.25) is 0 Å². The van der Waals surface area contributed by atoms with Crippen LogP contribution >= 0.6 is 0 Å². The van der Waals surface area contributed by atoms with E-state index >= 15 is 0 Å². The molecule has 1 amide bonds. The van der Waals surface area contributed by atoms with Crippen LogP contribution in [0.5, 0.6) is 0 Å². The fourth-order valence-corrected chi connectivity index (χ4v) is 6.27. The molecule has 2 saturated heterocycles. The van der Waals surface area contributed by atoms with Gasteiger partial charge in [-0.25, -0.2) is 8.78 Å². The first-order valence-electron chi connectivity index (χ1n) is 14.1. The molecule has 0 aliphatic carbocycles. The molecule has 0 saturated carbocycles. The number of nitrogens with zero attached hydrogens (tertiary/aromatic N) is 2. The number of carbonyl (C=O) groups is 1. The van der Waals surface area contributed by atoms with Crippen molar-refractivity contribution in [2.24, 2.45) is 0 Å². The van der Waals surface area contributed by atoms with Gasteiger partial charge in [0.25, 0.3) is 0 Å². The molecule has 1 N–H and O–H groups in total. The summed E-state index contributed by atoms with van der Waals surface area (Å²) in [7, 11) is 0. The van der Waals surface area contributed by atoms with Crippen molar-refractivity contribution >= 4 is 5.91 Å². The number of halogens is 8. The van der Waals surface area contributed by atoms with Crippen molar-refractivity contribution in [3.8, 4) is 0 Å². The number of aliphatic hydroxyl groups is 1. The van der Waals surface area contributed by atoms with E-state index < -0.39 is 58.6 Å². The average molecular weight is 627 g/mol. The molecule has 3 aromatic rings. The molecule has 2 aliphatic heterocycles. The fourth-order valence-electron chi connectivity index (χ4n) is 6.27. The zero-order chi connectivity index (χ0) is 31.9. The third kappa shape index (κ3) is 6.76. The molecule has 2 fully saturated rings. The summed E-state index contributed by atoms with van der Waals surface area (Å²) in [5.74, 6) is -2.76. The molecule has 44 heavy (non-hydrogen) atoms. The van der Waals surface area contributed by atoms with Crippen LogP contribution in [0, 0.1) is 11.6 Å². The van der Waals surface area contributed by atoms with Crippen LogP contribution in [0.3, 0.4) is 0 Å². The normalized spacial score (nSPS) is 21.2. The highest BCUT2D eigenvalue weighted by Gasteiger charge is 2.46. The Morgan fingerprint density at radius 1 is 0.773 bits per heavy atom. The Bertz CT molecular complexity index is 1470. The third-order valence-corrected chi connectivity index (χ3v) is 8.79. The Hall–Kier alpha value is -3.51. The maximum Gasteiger partial charge on any atom is 0.416 e. The molecule has 5 rings (SSSR count). The number of likely N-dealkylation sites (tertiary alicyclic amines) is 2. The maximum absolute atomic E-state index is 14.4. The molecule has 2 heterocycles. The number of carbonyl (C=O) groups excluding carboxylic acids is 1. The van der Waals surface area contributed by atoms with Gasteiger partial charge in [-0.3, -0.25) is 4.79 Å². The van der Waals surface area contributed by atoms with Gasteiger partial charge in [0.05, 0.1) is 16.7 Å². The van der Waals surface area contributed by atoms with Crippen molar-refractivity contribution in [2.45, 2.75) is 55.6 Å². The standard InChI is InChI=1S/C32H30F8N2O2/c33-26-7-6-23(17-27(26)34)29(8-11-41-12-9-30(44,10-13-41)22-4-2-1-3-5-22)18-28(43)42(20-29)19-21-14-24(31(35,36)37)16-25(15-21)32(38,39)40/h1-7,14-17,44H,8-13,18-20H2. The lowest BCUT2D eigenvalue weighted by Gasteiger charge is -2.40. The van der Waals surface area contributed by atoms with E-state index in [0.717, 1.165) is 17.7 Å². The molecule has 0 bridgehead atoms. The first-order chi connectivity index (χ1) is 20.6. The lowest BCUT2D eigenvalue weighted by Crippen LogP contribution is -2.44. The minimum atomic E-state index is -5.04. The Balaban J connectivity index is 1.37. The summed E-state index contributed by atoms with van der Waals surface area (Å²) in [6.07, 6.45) is -9.11. The van der Waals surface area contributed by atoms with Gasteiger partial charge in [-0.15, -0.1) is 0 Å². The van der Waals surface area contributed by atoms with E-state index in [4.69, 9.17) is 0 Å². The summed E-state index contributed by atoms with van der Waals surface area (Å²) < 4.78 is 109. The Morgan fingerprint density at radius 2 is 1.39 bits per heavy atom. The van der Waals surface area contributed by atoms with Gasteiger partial charge in [-0.1, -0.05) is 36.4 Å². The van der Waals surface area contributed by atoms with Gasteiger partial charge in [0.1, 0.15) is 0 Å². The average Bonchev–Trinajstić information content (AvgIpc) is 3.29. The van der Waals surface area contributed by atoms with Crippen LogP contribution in [0.25, 0.3) is 0 Å². The summed E-state index contributed by atoms with van der Waals surface area (Å²) in [5, 5.41) is 11.2. The Kier molecular flexibility index (Phi) is 8.54. The van der Waals surface area contributed by atoms with Crippen LogP contribution in [-0.2, 0) is 34.7 Å². The predicted molar refractivity (Wildman–Crippen MR) is 145 cm³/mol. The van der Waals surface area contributed by atoms with E-state index in [1.807, 2.05) is 30.3 Å². The quantitative estimate of drug-likeness (QED) is 0.286. The monoisotopic (exact) mass is 626 g/mol. The lowest BCUT2D eigenvalue weighted by molar-refractivity contribution is -0.143. The first kappa shape index (κ1) is 31.9. The maximum atomic E-state index is 14.4. The van der Waals surface area contributed by atoms with Crippen LogP contribution < -0.4 is 0 Å². The highest BCUT2D eigenvalue weighted by atomic mass is 19.4. The molecule has 4 nitrogen and oxygen atoms in total. The van der Waals surface area contributed by atoms with Crippen molar-refractivity contribution in [2.75, 3.05) is 26.2 Å². The number of alkyl halides is 6. The second-order valence-corrected chi connectivity index (χ2v) is 11.7. The van der Waals surface area contributed by atoms with Gasteiger partial charge in [-0.2, -0.15) is 26.3 Å². The zero-order valence-corrected chi connectivity index (χ0v) is 23.5. The number of amides is 1. The molecule has 0 spiro atoms. The fraction of sp³-hybridized carbons (Fsp3) is 0.406. The van der Waals surface area contributed by atoms with E-state index in [-0.39, 0.29) is 31.0 Å². The SMILES string of the molecule is O=C1CC(CCN2CCC(O)(c3ccccc3)CC2)(c2ccc(F)c(F)c2)CN1Cc1cc(C(F)(F)F)cc(C(F)(F)F)c1. The summed E-state index contributed by atoms with van der Waals surface area (Å²) in [5.41, 5.74) is -4.28. The predicted octanol–water partition coefficient (Wildman–Crippen LogP) is 7.05. The second kappa shape index (κ2) is 11.8. The highest BCUT2D eigenvalue weighted by molar-refractivity contribution is 5.81. The minimum absolute atomic E-state index is 0.0262. The van der Waals surface area contributed by atoms with E-state index in [1.165, 1.54) is 11.0 Å². The summed E-state index contributed by atoms with van der Waals surface area (Å²) in [6.45, 7) is 0.802. The molecule has 1 atom stereocenters. The van der Waals surface area contributed by atoms with Gasteiger partial charge >= 0.3 is 12.4 Å². The number of rotatable bonds is 7. The number of hydrogen-bond donors (Lipinski definition) is 1. The van der Waals surface area contributed by atoms with E-state index in [1.54, 1.807) is 0 Å². The second-order valence-electron chi connectivity index (χ2n) is 11.7. The Morgan fingerprint density at radius 3 is 1.95 bits per heavy atom. The van der Waals surface area contributed by atoms with Crippen molar-refractivity contribution in [1.82, 2.24) is 9.80 Å². The highest BCUT2D eigenvalue weighted by Crippen LogP contribution is 2.42. The van der Waals surface area contributed by atoms with Crippen molar-refractivity contribution in [3.63, 3.8) is 0 Å². The Labute approximate surface area is 248 Å². The summed E-state index contributed by atoms with van der Waals surface area (Å²) in [4.78, 5) is 16.5. The summed E-state index contributed by atoms with van der Waals surface area (Å²) in [6, 6.07) is 13.7. The van der Waals surface area contributed by atoms with Gasteiger partial charge < -0.3 is 14.9 Å². The van der Waals surface area contributed by atoms with Crippen molar-refractivity contribution in [3.05, 3.63) is 106 Å². The number of benzene rings is 3. The minimum Gasteiger partial charge on any atom is -0.385 e. The molecular formula is C32H30F8N2O2. The van der Waals surface area contributed by atoms with Crippen LogP contribution in [0.15, 0.2) is 66.7 Å². The zero-order valence-electron chi connectivity index (χ0n) is 23.5. The molecule has 0 aromatic heterocycles. The molecule has 0 radical (unpaired) electrons. The topological polar surface area (TPSA) is 43.8 Å². The van der Waals surface area contributed by atoms with Crippen LogP contribution in [-0.4, -0.2) is 47.0 Å². The molecule has 2 aliphatic rings.